The van der Waals surface area contributed by atoms with Crippen LogP contribution in [0.15, 0.2) is 48.0 Å². The van der Waals surface area contributed by atoms with Gasteiger partial charge in [0.25, 0.3) is 5.91 Å². The zero-order valence-electron chi connectivity index (χ0n) is 13.4. The quantitative estimate of drug-likeness (QED) is 0.689. The summed E-state index contributed by atoms with van der Waals surface area (Å²) >= 11 is 0. The van der Waals surface area contributed by atoms with E-state index in [4.69, 9.17) is 4.74 Å². The van der Waals surface area contributed by atoms with Crippen molar-refractivity contribution in [2.75, 3.05) is 12.4 Å². The molecule has 0 radical (unpaired) electrons. The van der Waals surface area contributed by atoms with E-state index in [1.54, 1.807) is 19.2 Å². The fourth-order valence-electron chi connectivity index (χ4n) is 2.17. The van der Waals surface area contributed by atoms with Gasteiger partial charge in [0.2, 0.25) is 0 Å². The number of ether oxygens (including phenoxy) is 1. The van der Waals surface area contributed by atoms with Gasteiger partial charge in [0.05, 0.1) is 7.11 Å². The second kappa shape index (κ2) is 7.28. The third-order valence-corrected chi connectivity index (χ3v) is 3.66. The molecule has 0 aliphatic rings. The molecular formula is C19H18N2O2. The van der Waals surface area contributed by atoms with Gasteiger partial charge in [-0.2, -0.15) is 5.26 Å². The molecule has 0 saturated heterocycles. The average Bonchev–Trinajstić information content (AvgIpc) is 2.57. The monoisotopic (exact) mass is 306 g/mol. The maximum atomic E-state index is 12.4. The molecule has 0 aliphatic carbocycles. The number of methoxy groups -OCH3 is 1. The van der Waals surface area contributed by atoms with Gasteiger partial charge in [0, 0.05) is 11.3 Å². The van der Waals surface area contributed by atoms with Crippen molar-refractivity contribution < 1.29 is 9.53 Å². The molecule has 0 unspecified atom stereocenters. The molecule has 2 rings (SSSR count). The molecule has 0 fully saturated rings. The van der Waals surface area contributed by atoms with Gasteiger partial charge in [-0.3, -0.25) is 4.79 Å². The van der Waals surface area contributed by atoms with E-state index in [0.29, 0.717) is 17.0 Å². The topological polar surface area (TPSA) is 62.1 Å². The summed E-state index contributed by atoms with van der Waals surface area (Å²) in [6, 6.07) is 14.8. The van der Waals surface area contributed by atoms with Crippen LogP contribution in [-0.2, 0) is 4.79 Å². The number of anilines is 1. The lowest BCUT2D eigenvalue weighted by Crippen LogP contribution is -2.14. The van der Waals surface area contributed by atoms with E-state index >= 15 is 0 Å². The van der Waals surface area contributed by atoms with Crippen molar-refractivity contribution in [3.8, 4) is 11.8 Å². The number of nitrogens with one attached hydrogen (secondary N) is 1. The molecule has 2 aromatic rings. The lowest BCUT2D eigenvalue weighted by Gasteiger charge is -2.10. The number of nitriles is 1. The molecule has 116 valence electrons. The van der Waals surface area contributed by atoms with E-state index in [9.17, 15) is 10.1 Å². The van der Waals surface area contributed by atoms with Gasteiger partial charge in [-0.25, -0.2) is 0 Å². The summed E-state index contributed by atoms with van der Waals surface area (Å²) in [5.41, 5.74) is 3.47. The number of aryl methyl sites for hydroxylation is 1. The van der Waals surface area contributed by atoms with Gasteiger partial charge in [0.15, 0.2) is 0 Å². The molecule has 0 saturated carbocycles. The molecule has 1 amide bonds. The highest BCUT2D eigenvalue weighted by Crippen LogP contribution is 2.22. The smallest absolute Gasteiger partial charge is 0.266 e. The number of rotatable bonds is 4. The Hall–Kier alpha value is -3.06. The van der Waals surface area contributed by atoms with Crippen molar-refractivity contribution in [3.63, 3.8) is 0 Å². The van der Waals surface area contributed by atoms with Gasteiger partial charge in [-0.1, -0.05) is 30.3 Å². The SMILES string of the molecule is COc1ccccc1/C=C(\C#N)C(=O)Nc1cccc(C)c1C. The first kappa shape index (κ1) is 16.3. The Morgan fingerprint density at radius 3 is 2.61 bits per heavy atom. The third kappa shape index (κ3) is 3.78. The van der Waals surface area contributed by atoms with Crippen LogP contribution >= 0.6 is 0 Å². The van der Waals surface area contributed by atoms with Crippen LogP contribution in [0.1, 0.15) is 16.7 Å². The first-order valence-electron chi connectivity index (χ1n) is 7.19. The number of hydrogen-bond acceptors (Lipinski definition) is 3. The minimum absolute atomic E-state index is 0.0235. The van der Waals surface area contributed by atoms with Gasteiger partial charge in [0.1, 0.15) is 17.4 Å². The van der Waals surface area contributed by atoms with Gasteiger partial charge < -0.3 is 10.1 Å². The summed E-state index contributed by atoms with van der Waals surface area (Å²) in [5, 5.41) is 12.1. The highest BCUT2D eigenvalue weighted by Gasteiger charge is 2.12. The summed E-state index contributed by atoms with van der Waals surface area (Å²) in [6.45, 7) is 3.90. The predicted molar refractivity (Wildman–Crippen MR) is 91.1 cm³/mol. The first-order valence-corrected chi connectivity index (χ1v) is 7.19. The molecule has 2 aromatic carbocycles. The van der Waals surface area contributed by atoms with E-state index in [-0.39, 0.29) is 5.57 Å². The lowest BCUT2D eigenvalue weighted by molar-refractivity contribution is -0.112. The Balaban J connectivity index is 2.31. The predicted octanol–water partition coefficient (Wildman–Crippen LogP) is 3.86. The maximum absolute atomic E-state index is 12.4. The number of hydrogen-bond donors (Lipinski definition) is 1. The van der Waals surface area contributed by atoms with Crippen LogP contribution < -0.4 is 10.1 Å². The Morgan fingerprint density at radius 1 is 1.17 bits per heavy atom. The molecule has 0 aliphatic heterocycles. The van der Waals surface area contributed by atoms with Gasteiger partial charge in [-0.15, -0.1) is 0 Å². The number of carbonyl (C=O) groups is 1. The average molecular weight is 306 g/mol. The molecule has 4 nitrogen and oxygen atoms in total. The van der Waals surface area contributed by atoms with Crippen LogP contribution in [0.3, 0.4) is 0 Å². The van der Waals surface area contributed by atoms with Crippen LogP contribution in [0.2, 0.25) is 0 Å². The largest absolute Gasteiger partial charge is 0.496 e. The Labute approximate surface area is 136 Å². The molecule has 0 atom stereocenters. The Morgan fingerprint density at radius 2 is 1.91 bits per heavy atom. The molecule has 0 spiro atoms. The number of carbonyl (C=O) groups excluding carboxylic acids is 1. The third-order valence-electron chi connectivity index (χ3n) is 3.66. The maximum Gasteiger partial charge on any atom is 0.266 e. The van der Waals surface area contributed by atoms with E-state index < -0.39 is 5.91 Å². The fraction of sp³-hybridized carbons (Fsp3) is 0.158. The van der Waals surface area contributed by atoms with Crippen molar-refractivity contribution in [2.24, 2.45) is 0 Å². The lowest BCUT2D eigenvalue weighted by atomic mass is 10.1. The van der Waals surface area contributed by atoms with E-state index in [1.165, 1.54) is 6.08 Å². The van der Waals surface area contributed by atoms with Gasteiger partial charge >= 0.3 is 0 Å². The molecule has 0 heterocycles. The summed E-state index contributed by atoms with van der Waals surface area (Å²) in [7, 11) is 1.55. The molecular weight excluding hydrogens is 288 g/mol. The number of para-hydroxylation sites is 1. The van der Waals surface area contributed by atoms with Crippen LogP contribution in [-0.4, -0.2) is 13.0 Å². The minimum atomic E-state index is -0.438. The Bertz CT molecular complexity index is 801. The van der Waals surface area contributed by atoms with Crippen LogP contribution in [0.25, 0.3) is 6.08 Å². The standard InChI is InChI=1S/C19H18N2O2/c1-13-7-6-9-17(14(13)2)21-19(22)16(12-20)11-15-8-4-5-10-18(15)23-3/h4-11H,1-3H3,(H,21,22)/b16-11+. The zero-order valence-corrected chi connectivity index (χ0v) is 13.4. The highest BCUT2D eigenvalue weighted by molar-refractivity contribution is 6.10. The molecule has 4 heteroatoms. The van der Waals surface area contributed by atoms with Crippen LogP contribution in [0, 0.1) is 25.2 Å². The zero-order chi connectivity index (χ0) is 16.8. The fourth-order valence-corrected chi connectivity index (χ4v) is 2.17. The van der Waals surface area contributed by atoms with E-state index in [1.807, 2.05) is 50.2 Å². The summed E-state index contributed by atoms with van der Waals surface area (Å²) < 4.78 is 5.24. The normalized spacial score (nSPS) is 10.8. The molecule has 0 bridgehead atoms. The van der Waals surface area contributed by atoms with Crippen molar-refractivity contribution in [1.29, 1.82) is 5.26 Å². The number of amides is 1. The van der Waals surface area contributed by atoms with E-state index in [2.05, 4.69) is 5.32 Å². The highest BCUT2D eigenvalue weighted by atomic mass is 16.5. The van der Waals surface area contributed by atoms with E-state index in [0.717, 1.165) is 11.1 Å². The minimum Gasteiger partial charge on any atom is -0.496 e. The Kier molecular flexibility index (Phi) is 5.16. The summed E-state index contributed by atoms with van der Waals surface area (Å²) in [4.78, 5) is 12.4. The summed E-state index contributed by atoms with van der Waals surface area (Å²) in [5.74, 6) is 0.173. The molecule has 1 N–H and O–H groups in total. The molecule has 23 heavy (non-hydrogen) atoms. The molecule has 0 aromatic heterocycles. The first-order chi connectivity index (χ1) is 11.1. The number of nitrogens with zero attached hydrogens (tertiary/aromatic N) is 1. The second-order valence-corrected chi connectivity index (χ2v) is 5.11. The second-order valence-electron chi connectivity index (χ2n) is 5.11. The number of benzene rings is 2. The van der Waals surface area contributed by atoms with Crippen molar-refractivity contribution in [3.05, 3.63) is 64.7 Å². The summed E-state index contributed by atoms with van der Waals surface area (Å²) in [6.07, 6.45) is 1.53. The van der Waals surface area contributed by atoms with Crippen molar-refractivity contribution in [2.45, 2.75) is 13.8 Å². The van der Waals surface area contributed by atoms with Crippen LogP contribution in [0.4, 0.5) is 5.69 Å². The van der Waals surface area contributed by atoms with Crippen LogP contribution in [0.5, 0.6) is 5.75 Å². The van der Waals surface area contributed by atoms with Gasteiger partial charge in [-0.05, 0) is 43.2 Å². The van der Waals surface area contributed by atoms with Crippen molar-refractivity contribution >= 4 is 17.7 Å². The van der Waals surface area contributed by atoms with Crippen molar-refractivity contribution in [1.82, 2.24) is 0 Å².